The molecule has 3 nitrogen and oxygen atoms in total. The maximum Gasteiger partial charge on any atom is 0.255 e. The number of carbonyl (C=O) groups excluding carboxylic acids is 1. The van der Waals surface area contributed by atoms with Crippen molar-refractivity contribution < 1.29 is 13.9 Å². The van der Waals surface area contributed by atoms with Crippen LogP contribution in [-0.4, -0.2) is 13.0 Å². The summed E-state index contributed by atoms with van der Waals surface area (Å²) in [5, 5.41) is 2.52. The average Bonchev–Trinajstić information content (AvgIpc) is 2.41. The molecule has 0 bridgehead atoms. The van der Waals surface area contributed by atoms with Crippen molar-refractivity contribution in [3.05, 3.63) is 58.3 Å². The van der Waals surface area contributed by atoms with Crippen molar-refractivity contribution in [1.82, 2.24) is 0 Å². The molecule has 0 saturated carbocycles. The quantitative estimate of drug-likeness (QED) is 0.931. The number of methoxy groups -OCH3 is 1. The molecule has 19 heavy (non-hydrogen) atoms. The highest BCUT2D eigenvalue weighted by molar-refractivity contribution is 9.10. The van der Waals surface area contributed by atoms with Crippen LogP contribution in [0, 0.1) is 5.82 Å². The van der Waals surface area contributed by atoms with E-state index in [1.54, 1.807) is 37.4 Å². The van der Waals surface area contributed by atoms with Gasteiger partial charge >= 0.3 is 0 Å². The molecule has 0 atom stereocenters. The van der Waals surface area contributed by atoms with Crippen LogP contribution < -0.4 is 10.1 Å². The van der Waals surface area contributed by atoms with Gasteiger partial charge in [0.1, 0.15) is 11.6 Å². The van der Waals surface area contributed by atoms with E-state index >= 15 is 0 Å². The summed E-state index contributed by atoms with van der Waals surface area (Å²) in [4.78, 5) is 12.0. The monoisotopic (exact) mass is 323 g/mol. The number of nitrogens with one attached hydrogen (secondary N) is 1. The maximum atomic E-state index is 13.4. The minimum Gasteiger partial charge on any atom is -0.496 e. The van der Waals surface area contributed by atoms with Crippen LogP contribution in [-0.2, 0) is 0 Å². The van der Waals surface area contributed by atoms with Gasteiger partial charge < -0.3 is 10.1 Å². The molecule has 2 rings (SSSR count). The van der Waals surface area contributed by atoms with Crippen LogP contribution in [0.25, 0.3) is 0 Å². The first kappa shape index (κ1) is 13.5. The van der Waals surface area contributed by atoms with E-state index in [1.807, 2.05) is 0 Å². The van der Waals surface area contributed by atoms with E-state index in [0.717, 1.165) is 0 Å². The molecule has 98 valence electrons. The minimum atomic E-state index is -0.469. The highest BCUT2D eigenvalue weighted by Crippen LogP contribution is 2.26. The van der Waals surface area contributed by atoms with Gasteiger partial charge in [-0.1, -0.05) is 12.1 Å². The Morgan fingerprint density at radius 3 is 2.63 bits per heavy atom. The summed E-state index contributed by atoms with van der Waals surface area (Å²) in [6.45, 7) is 0. The number of carbonyl (C=O) groups is 1. The van der Waals surface area contributed by atoms with Gasteiger partial charge in [-0.05, 0) is 46.3 Å². The van der Waals surface area contributed by atoms with Crippen LogP contribution in [0.3, 0.4) is 0 Å². The van der Waals surface area contributed by atoms with Gasteiger partial charge in [0.05, 0.1) is 17.3 Å². The Kier molecular flexibility index (Phi) is 4.16. The van der Waals surface area contributed by atoms with Crippen LogP contribution in [0.15, 0.2) is 46.9 Å². The number of benzene rings is 2. The Morgan fingerprint density at radius 1 is 1.26 bits per heavy atom. The van der Waals surface area contributed by atoms with E-state index in [1.165, 1.54) is 12.1 Å². The van der Waals surface area contributed by atoms with Gasteiger partial charge in [0, 0.05) is 5.56 Å². The van der Waals surface area contributed by atoms with E-state index in [0.29, 0.717) is 15.8 Å². The Balaban J connectivity index is 2.21. The second-order valence-electron chi connectivity index (χ2n) is 3.78. The first-order valence-electron chi connectivity index (χ1n) is 5.51. The van der Waals surface area contributed by atoms with Gasteiger partial charge in [0.2, 0.25) is 0 Å². The van der Waals surface area contributed by atoms with Crippen molar-refractivity contribution in [2.24, 2.45) is 0 Å². The molecule has 2 aromatic carbocycles. The highest BCUT2D eigenvalue weighted by atomic mass is 79.9. The SMILES string of the molecule is COc1ccc(C(=O)Nc2ccccc2F)cc1Br. The normalized spacial score (nSPS) is 10.1. The lowest BCUT2D eigenvalue weighted by Gasteiger charge is -2.08. The number of rotatable bonds is 3. The lowest BCUT2D eigenvalue weighted by molar-refractivity contribution is 0.102. The molecule has 0 aliphatic carbocycles. The second kappa shape index (κ2) is 5.84. The standard InChI is InChI=1S/C14H11BrFNO2/c1-19-13-7-6-9(8-10(13)15)14(18)17-12-5-3-2-4-11(12)16/h2-8H,1H3,(H,17,18). The van der Waals surface area contributed by atoms with Gasteiger partial charge in [-0.25, -0.2) is 4.39 Å². The first-order chi connectivity index (χ1) is 9.11. The Labute approximate surface area is 118 Å². The number of ether oxygens (including phenoxy) is 1. The van der Waals surface area contributed by atoms with Crippen molar-refractivity contribution in [3.63, 3.8) is 0 Å². The minimum absolute atomic E-state index is 0.152. The fourth-order valence-corrected chi connectivity index (χ4v) is 2.11. The molecule has 0 aromatic heterocycles. The third kappa shape index (κ3) is 3.12. The molecule has 5 heteroatoms. The summed E-state index contributed by atoms with van der Waals surface area (Å²) in [5.41, 5.74) is 0.565. The van der Waals surface area contributed by atoms with Gasteiger partial charge in [0.25, 0.3) is 5.91 Å². The lowest BCUT2D eigenvalue weighted by Crippen LogP contribution is -2.12. The smallest absolute Gasteiger partial charge is 0.255 e. The van der Waals surface area contributed by atoms with Crippen LogP contribution in [0.4, 0.5) is 10.1 Å². The van der Waals surface area contributed by atoms with Crippen LogP contribution in [0.5, 0.6) is 5.75 Å². The average molecular weight is 324 g/mol. The predicted molar refractivity (Wildman–Crippen MR) is 75.0 cm³/mol. The maximum absolute atomic E-state index is 13.4. The van der Waals surface area contributed by atoms with Crippen molar-refractivity contribution in [2.45, 2.75) is 0 Å². The fraction of sp³-hybridized carbons (Fsp3) is 0.0714. The molecule has 0 heterocycles. The highest BCUT2D eigenvalue weighted by Gasteiger charge is 2.10. The summed E-state index contributed by atoms with van der Waals surface area (Å²) in [6, 6.07) is 10.9. The lowest BCUT2D eigenvalue weighted by atomic mass is 10.2. The molecular weight excluding hydrogens is 313 g/mol. The molecule has 0 aliphatic rings. The molecular formula is C14H11BrFNO2. The van der Waals surface area contributed by atoms with Crippen LogP contribution in [0.1, 0.15) is 10.4 Å². The van der Waals surface area contributed by atoms with Crippen molar-refractivity contribution in [2.75, 3.05) is 12.4 Å². The summed E-state index contributed by atoms with van der Waals surface area (Å²) >= 11 is 3.30. The number of amides is 1. The Hall–Kier alpha value is -1.88. The molecule has 0 radical (unpaired) electrons. The number of para-hydroxylation sites is 1. The zero-order valence-corrected chi connectivity index (χ0v) is 11.7. The van der Waals surface area contributed by atoms with E-state index in [4.69, 9.17) is 4.74 Å². The Bertz CT molecular complexity index is 616. The van der Waals surface area contributed by atoms with Crippen LogP contribution >= 0.6 is 15.9 Å². The number of anilines is 1. The molecule has 2 aromatic rings. The third-order valence-electron chi connectivity index (χ3n) is 2.54. The predicted octanol–water partition coefficient (Wildman–Crippen LogP) is 3.85. The van der Waals surface area contributed by atoms with Crippen LogP contribution in [0.2, 0.25) is 0 Å². The Morgan fingerprint density at radius 2 is 2.00 bits per heavy atom. The molecule has 0 fully saturated rings. The van der Waals surface area contributed by atoms with Gasteiger partial charge in [-0.2, -0.15) is 0 Å². The van der Waals surface area contributed by atoms with Crippen molar-refractivity contribution in [3.8, 4) is 5.75 Å². The zero-order valence-electron chi connectivity index (χ0n) is 10.1. The summed E-state index contributed by atoms with van der Waals surface area (Å²) in [6.07, 6.45) is 0. The molecule has 0 aliphatic heterocycles. The molecule has 1 N–H and O–H groups in total. The van der Waals surface area contributed by atoms with E-state index in [2.05, 4.69) is 21.2 Å². The molecule has 0 saturated heterocycles. The van der Waals surface area contributed by atoms with E-state index in [-0.39, 0.29) is 11.6 Å². The summed E-state index contributed by atoms with van der Waals surface area (Å²) < 4.78 is 19.2. The zero-order chi connectivity index (χ0) is 13.8. The summed E-state index contributed by atoms with van der Waals surface area (Å²) in [7, 11) is 1.54. The molecule has 1 amide bonds. The first-order valence-corrected chi connectivity index (χ1v) is 6.30. The van der Waals surface area contributed by atoms with Crippen molar-refractivity contribution in [1.29, 1.82) is 0 Å². The number of hydrogen-bond donors (Lipinski definition) is 1. The second-order valence-corrected chi connectivity index (χ2v) is 4.64. The summed E-state index contributed by atoms with van der Waals surface area (Å²) in [5.74, 6) is -0.223. The van der Waals surface area contributed by atoms with Crippen molar-refractivity contribution >= 4 is 27.5 Å². The van der Waals surface area contributed by atoms with Gasteiger partial charge in [0.15, 0.2) is 0 Å². The largest absolute Gasteiger partial charge is 0.496 e. The third-order valence-corrected chi connectivity index (χ3v) is 3.16. The number of halogens is 2. The number of hydrogen-bond acceptors (Lipinski definition) is 2. The molecule has 0 spiro atoms. The van der Waals surface area contributed by atoms with Gasteiger partial charge in [-0.15, -0.1) is 0 Å². The van der Waals surface area contributed by atoms with Gasteiger partial charge in [-0.3, -0.25) is 4.79 Å². The topological polar surface area (TPSA) is 38.3 Å². The molecule has 0 unspecified atom stereocenters. The van der Waals surface area contributed by atoms with E-state index < -0.39 is 5.82 Å². The fourth-order valence-electron chi connectivity index (χ4n) is 1.56. The van der Waals surface area contributed by atoms with E-state index in [9.17, 15) is 9.18 Å².